The highest BCUT2D eigenvalue weighted by Crippen LogP contribution is 2.12. The van der Waals surface area contributed by atoms with E-state index in [1.807, 2.05) is 0 Å². The second-order valence-corrected chi connectivity index (χ2v) is 3.72. The summed E-state index contributed by atoms with van der Waals surface area (Å²) in [4.78, 5) is 15.8. The molecule has 0 unspecified atom stereocenters. The molecule has 3 nitrogen and oxygen atoms in total. The van der Waals surface area contributed by atoms with Gasteiger partial charge in [0.05, 0.1) is 11.7 Å². The molecule has 0 saturated carbocycles. The maximum Gasteiger partial charge on any atom is 0.267 e. The third-order valence-electron chi connectivity index (χ3n) is 1.74. The minimum atomic E-state index is -0.378. The zero-order valence-electron chi connectivity index (χ0n) is 7.61. The Labute approximate surface area is 89.6 Å². The van der Waals surface area contributed by atoms with Gasteiger partial charge in [-0.05, 0) is 18.2 Å². The van der Waals surface area contributed by atoms with Crippen LogP contribution in [0.2, 0.25) is 0 Å². The largest absolute Gasteiger partial charge is 0.321 e. The molecule has 2 aromatic rings. The van der Waals surface area contributed by atoms with Gasteiger partial charge in [-0.1, -0.05) is 6.07 Å². The van der Waals surface area contributed by atoms with Crippen LogP contribution in [0, 0.1) is 5.82 Å². The van der Waals surface area contributed by atoms with Crippen molar-refractivity contribution in [2.75, 3.05) is 5.32 Å². The fraction of sp³-hybridized carbons (Fsp3) is 0. The van der Waals surface area contributed by atoms with Crippen LogP contribution in [0.4, 0.5) is 10.1 Å². The van der Waals surface area contributed by atoms with E-state index in [1.54, 1.807) is 11.6 Å². The van der Waals surface area contributed by atoms with E-state index in [-0.39, 0.29) is 11.7 Å². The van der Waals surface area contributed by atoms with E-state index in [1.165, 1.54) is 35.7 Å². The fourth-order valence-corrected chi connectivity index (χ4v) is 1.60. The first kappa shape index (κ1) is 9.79. The highest BCUT2D eigenvalue weighted by Gasteiger charge is 2.07. The van der Waals surface area contributed by atoms with E-state index in [0.29, 0.717) is 10.6 Å². The smallest absolute Gasteiger partial charge is 0.267 e. The van der Waals surface area contributed by atoms with Gasteiger partial charge in [-0.15, -0.1) is 11.3 Å². The summed E-state index contributed by atoms with van der Waals surface area (Å²) in [5, 5.41) is 2.58. The summed E-state index contributed by atoms with van der Waals surface area (Å²) >= 11 is 1.24. The normalized spacial score (nSPS) is 9.93. The molecule has 1 aromatic carbocycles. The van der Waals surface area contributed by atoms with E-state index in [2.05, 4.69) is 10.3 Å². The van der Waals surface area contributed by atoms with Gasteiger partial charge in [0.1, 0.15) is 10.7 Å². The Balaban J connectivity index is 2.13. The van der Waals surface area contributed by atoms with Crippen molar-refractivity contribution in [1.82, 2.24) is 4.98 Å². The van der Waals surface area contributed by atoms with E-state index < -0.39 is 0 Å². The summed E-state index contributed by atoms with van der Waals surface area (Å²) in [5.41, 5.74) is 2.01. The van der Waals surface area contributed by atoms with E-state index >= 15 is 0 Å². The average Bonchev–Trinajstić information content (AvgIpc) is 2.70. The third kappa shape index (κ3) is 2.38. The minimum Gasteiger partial charge on any atom is -0.321 e. The maximum atomic E-state index is 12.8. The van der Waals surface area contributed by atoms with Crippen LogP contribution < -0.4 is 5.32 Å². The second-order valence-electron chi connectivity index (χ2n) is 2.83. The molecule has 0 aliphatic carbocycles. The number of aromatic nitrogens is 1. The van der Waals surface area contributed by atoms with Gasteiger partial charge in [0, 0.05) is 5.69 Å². The Morgan fingerprint density at radius 3 is 3.00 bits per heavy atom. The molecular formula is C10H7FN2OS. The van der Waals surface area contributed by atoms with E-state index in [4.69, 9.17) is 0 Å². The van der Waals surface area contributed by atoms with Crippen LogP contribution in [0.5, 0.6) is 0 Å². The third-order valence-corrected chi connectivity index (χ3v) is 2.51. The standard InChI is InChI=1S/C10H7FN2OS/c11-7-2-1-3-8(4-7)13-10(14)9-5-12-6-15-9/h1-6H,(H,13,14). The number of thiazole rings is 1. The van der Waals surface area contributed by atoms with Gasteiger partial charge in [-0.25, -0.2) is 4.39 Å². The lowest BCUT2D eigenvalue weighted by molar-refractivity contribution is 0.103. The maximum absolute atomic E-state index is 12.8. The lowest BCUT2D eigenvalue weighted by atomic mass is 10.3. The van der Waals surface area contributed by atoms with Crippen LogP contribution in [-0.2, 0) is 0 Å². The number of carbonyl (C=O) groups excluding carboxylic acids is 1. The van der Waals surface area contributed by atoms with Gasteiger partial charge in [-0.3, -0.25) is 9.78 Å². The lowest BCUT2D eigenvalue weighted by Gasteiger charge is -2.02. The summed E-state index contributed by atoms with van der Waals surface area (Å²) < 4.78 is 12.8. The number of nitrogens with one attached hydrogen (secondary N) is 1. The van der Waals surface area contributed by atoms with Gasteiger partial charge >= 0.3 is 0 Å². The molecule has 5 heteroatoms. The van der Waals surface area contributed by atoms with Crippen molar-refractivity contribution < 1.29 is 9.18 Å². The molecule has 0 aliphatic rings. The highest BCUT2D eigenvalue weighted by molar-refractivity contribution is 7.11. The van der Waals surface area contributed by atoms with Crippen molar-refractivity contribution in [2.24, 2.45) is 0 Å². The summed E-state index contributed by atoms with van der Waals surface area (Å²) in [6, 6.07) is 5.75. The van der Waals surface area contributed by atoms with Gasteiger partial charge in [0.25, 0.3) is 5.91 Å². The number of nitrogens with zero attached hydrogens (tertiary/aromatic N) is 1. The van der Waals surface area contributed by atoms with Gasteiger partial charge in [0.15, 0.2) is 0 Å². The van der Waals surface area contributed by atoms with E-state index in [9.17, 15) is 9.18 Å². The number of halogens is 1. The molecule has 0 fully saturated rings. The Morgan fingerprint density at radius 1 is 1.47 bits per heavy atom. The highest BCUT2D eigenvalue weighted by atomic mass is 32.1. The first-order valence-electron chi connectivity index (χ1n) is 4.21. The van der Waals surface area contributed by atoms with Crippen molar-refractivity contribution in [3.8, 4) is 0 Å². The predicted molar refractivity (Wildman–Crippen MR) is 56.5 cm³/mol. The number of benzene rings is 1. The van der Waals surface area contributed by atoms with Crippen molar-refractivity contribution in [3.63, 3.8) is 0 Å². The molecule has 2 rings (SSSR count). The van der Waals surface area contributed by atoms with Gasteiger partial charge in [0.2, 0.25) is 0 Å². The summed E-state index contributed by atoms with van der Waals surface area (Å²) in [5.74, 6) is -0.653. The number of carbonyl (C=O) groups is 1. The SMILES string of the molecule is O=C(Nc1cccc(F)c1)c1cncs1. The molecule has 1 amide bonds. The second kappa shape index (κ2) is 4.18. The van der Waals surface area contributed by atoms with Gasteiger partial charge in [-0.2, -0.15) is 0 Å². The number of anilines is 1. The molecule has 0 spiro atoms. The molecule has 0 saturated heterocycles. The Kier molecular flexibility index (Phi) is 2.73. The first-order chi connectivity index (χ1) is 7.25. The van der Waals surface area contributed by atoms with Crippen LogP contribution in [0.25, 0.3) is 0 Å². The number of hydrogen-bond donors (Lipinski definition) is 1. The van der Waals surface area contributed by atoms with E-state index in [0.717, 1.165) is 0 Å². The molecule has 15 heavy (non-hydrogen) atoms. The molecule has 0 bridgehead atoms. The summed E-state index contributed by atoms with van der Waals surface area (Å²) in [7, 11) is 0. The molecular weight excluding hydrogens is 215 g/mol. The van der Waals surface area contributed by atoms with Crippen LogP contribution in [0.15, 0.2) is 36.0 Å². The Bertz CT molecular complexity index is 470. The number of rotatable bonds is 2. The quantitative estimate of drug-likeness (QED) is 0.848. The Morgan fingerprint density at radius 2 is 2.33 bits per heavy atom. The van der Waals surface area contributed by atoms with Gasteiger partial charge < -0.3 is 5.32 Å². The molecule has 0 aliphatic heterocycles. The number of amides is 1. The summed E-state index contributed by atoms with van der Waals surface area (Å²) in [6.07, 6.45) is 1.47. The average molecular weight is 222 g/mol. The topological polar surface area (TPSA) is 42.0 Å². The molecule has 0 atom stereocenters. The van der Waals surface area contributed by atoms with Crippen LogP contribution in [0.3, 0.4) is 0 Å². The molecule has 1 aromatic heterocycles. The zero-order valence-corrected chi connectivity index (χ0v) is 8.42. The Hall–Kier alpha value is -1.75. The number of hydrogen-bond acceptors (Lipinski definition) is 3. The predicted octanol–water partition coefficient (Wildman–Crippen LogP) is 2.53. The molecule has 76 valence electrons. The molecule has 1 heterocycles. The lowest BCUT2D eigenvalue weighted by Crippen LogP contribution is -2.10. The zero-order chi connectivity index (χ0) is 10.7. The monoisotopic (exact) mass is 222 g/mol. The van der Waals surface area contributed by atoms with Crippen molar-refractivity contribution in [2.45, 2.75) is 0 Å². The van der Waals surface area contributed by atoms with Crippen LogP contribution in [-0.4, -0.2) is 10.9 Å². The minimum absolute atomic E-state index is 0.275. The molecule has 1 N–H and O–H groups in total. The van der Waals surface area contributed by atoms with Crippen molar-refractivity contribution >= 4 is 22.9 Å². The summed E-state index contributed by atoms with van der Waals surface area (Å²) in [6.45, 7) is 0. The van der Waals surface area contributed by atoms with Crippen molar-refractivity contribution in [1.29, 1.82) is 0 Å². The van der Waals surface area contributed by atoms with Crippen LogP contribution in [0.1, 0.15) is 9.67 Å². The van der Waals surface area contributed by atoms with Crippen molar-refractivity contribution in [3.05, 3.63) is 46.7 Å². The van der Waals surface area contributed by atoms with Crippen LogP contribution >= 0.6 is 11.3 Å². The first-order valence-corrected chi connectivity index (χ1v) is 5.09. The fourth-order valence-electron chi connectivity index (χ4n) is 1.09. The molecule has 0 radical (unpaired) electrons.